The second-order valence-corrected chi connectivity index (χ2v) is 7.37. The summed E-state index contributed by atoms with van der Waals surface area (Å²) in [5.74, 6) is 0.818. The molecule has 0 bridgehead atoms. The number of para-hydroxylation sites is 1. The first kappa shape index (κ1) is 18.4. The second-order valence-electron chi connectivity index (χ2n) is 6.93. The fourth-order valence-corrected chi connectivity index (χ4v) is 4.01. The van der Waals surface area contributed by atoms with E-state index in [0.717, 1.165) is 0 Å². The molecule has 0 fully saturated rings. The van der Waals surface area contributed by atoms with E-state index in [-0.39, 0.29) is 28.2 Å². The summed E-state index contributed by atoms with van der Waals surface area (Å²) in [6.07, 6.45) is 0. The average Bonchev–Trinajstić information content (AvgIpc) is 3.29. The van der Waals surface area contributed by atoms with E-state index in [1.54, 1.807) is 37.3 Å². The summed E-state index contributed by atoms with van der Waals surface area (Å²) >= 11 is 6.10. The Morgan fingerprint density at radius 2 is 1.93 bits per heavy atom. The molecule has 150 valence electrons. The van der Waals surface area contributed by atoms with Gasteiger partial charge in [-0.1, -0.05) is 35.0 Å². The molecule has 7 nitrogen and oxygen atoms in total. The van der Waals surface area contributed by atoms with E-state index in [2.05, 4.69) is 5.16 Å². The molecule has 5 rings (SSSR count). The number of fused-ring (bicyclic) bond motifs is 2. The summed E-state index contributed by atoms with van der Waals surface area (Å²) in [7, 11) is 1.53. The number of halogens is 1. The first-order chi connectivity index (χ1) is 14.5. The Balaban J connectivity index is 1.86. The van der Waals surface area contributed by atoms with E-state index in [1.807, 2.05) is 12.1 Å². The number of carbonyl (C=O) groups is 1. The van der Waals surface area contributed by atoms with Gasteiger partial charge in [0.25, 0.3) is 5.91 Å². The molecule has 1 aliphatic heterocycles. The van der Waals surface area contributed by atoms with Crippen molar-refractivity contribution in [1.29, 1.82) is 0 Å². The molecule has 0 saturated heterocycles. The maximum Gasteiger partial charge on any atom is 0.296 e. The monoisotopic (exact) mass is 422 g/mol. The minimum Gasteiger partial charge on any atom is -0.496 e. The van der Waals surface area contributed by atoms with Crippen LogP contribution in [-0.2, 0) is 0 Å². The minimum absolute atomic E-state index is 0.0358. The van der Waals surface area contributed by atoms with Crippen molar-refractivity contribution in [3.05, 3.63) is 86.4 Å². The highest BCUT2D eigenvalue weighted by atomic mass is 35.5. The summed E-state index contributed by atoms with van der Waals surface area (Å²) in [5.41, 5.74) is 0.788. The lowest BCUT2D eigenvalue weighted by molar-refractivity contribution is 0.0969. The SMILES string of the molecule is COc1ccccc1C1c2c(oc3ccc(Cl)cc3c2=O)C(=O)N1c1cc(C)on1. The van der Waals surface area contributed by atoms with Crippen LogP contribution in [0.1, 0.15) is 33.5 Å². The van der Waals surface area contributed by atoms with Gasteiger partial charge in [0.2, 0.25) is 5.76 Å². The van der Waals surface area contributed by atoms with E-state index in [9.17, 15) is 9.59 Å². The van der Waals surface area contributed by atoms with Crippen LogP contribution in [0.25, 0.3) is 11.0 Å². The molecule has 4 aromatic rings. The molecule has 30 heavy (non-hydrogen) atoms. The van der Waals surface area contributed by atoms with Crippen LogP contribution in [0.3, 0.4) is 0 Å². The topological polar surface area (TPSA) is 85.8 Å². The van der Waals surface area contributed by atoms with E-state index in [1.165, 1.54) is 18.1 Å². The van der Waals surface area contributed by atoms with E-state index in [4.69, 9.17) is 25.3 Å². The van der Waals surface area contributed by atoms with Crippen LogP contribution in [-0.4, -0.2) is 18.2 Å². The van der Waals surface area contributed by atoms with Crippen LogP contribution in [0, 0.1) is 6.92 Å². The van der Waals surface area contributed by atoms with Gasteiger partial charge in [0.1, 0.15) is 23.1 Å². The van der Waals surface area contributed by atoms with Crippen LogP contribution < -0.4 is 15.1 Å². The standard InChI is InChI=1S/C22H15ClN2O5/c1-11-9-17(24-30-11)25-19(13-5-3-4-6-15(13)28-2)18-20(26)14-10-12(23)7-8-16(14)29-21(18)22(25)27/h3-10,19H,1-2H3. The summed E-state index contributed by atoms with van der Waals surface area (Å²) < 4.78 is 16.6. The molecule has 8 heteroatoms. The van der Waals surface area contributed by atoms with E-state index < -0.39 is 11.9 Å². The molecule has 1 amide bonds. The third-order valence-corrected chi connectivity index (χ3v) is 5.36. The van der Waals surface area contributed by atoms with Crippen LogP contribution in [0.15, 0.2) is 62.3 Å². The number of rotatable bonds is 3. The predicted octanol–water partition coefficient (Wildman–Crippen LogP) is 4.50. The van der Waals surface area contributed by atoms with Crippen molar-refractivity contribution in [3.8, 4) is 5.75 Å². The second kappa shape index (κ2) is 6.74. The zero-order valence-electron chi connectivity index (χ0n) is 16.0. The fourth-order valence-electron chi connectivity index (χ4n) is 3.83. The molecule has 0 spiro atoms. The highest BCUT2D eigenvalue weighted by Crippen LogP contribution is 2.43. The predicted molar refractivity (Wildman–Crippen MR) is 110 cm³/mol. The van der Waals surface area contributed by atoms with Crippen LogP contribution in [0.2, 0.25) is 5.02 Å². The number of aromatic nitrogens is 1. The van der Waals surface area contributed by atoms with Crippen LogP contribution >= 0.6 is 11.6 Å². The normalized spacial score (nSPS) is 15.6. The molecule has 0 N–H and O–H groups in total. The van der Waals surface area contributed by atoms with Gasteiger partial charge in [0, 0.05) is 16.7 Å². The quantitative estimate of drug-likeness (QED) is 0.483. The number of hydrogen-bond acceptors (Lipinski definition) is 6. The van der Waals surface area contributed by atoms with Crippen LogP contribution in [0.5, 0.6) is 5.75 Å². The van der Waals surface area contributed by atoms with E-state index in [0.29, 0.717) is 27.5 Å². The molecule has 2 aromatic heterocycles. The Labute approximate surface area is 175 Å². The lowest BCUT2D eigenvalue weighted by atomic mass is 9.97. The largest absolute Gasteiger partial charge is 0.496 e. The van der Waals surface area contributed by atoms with Crippen molar-refractivity contribution in [2.45, 2.75) is 13.0 Å². The minimum atomic E-state index is -0.798. The van der Waals surface area contributed by atoms with Crippen molar-refractivity contribution >= 4 is 34.3 Å². The van der Waals surface area contributed by atoms with Gasteiger partial charge in [-0.3, -0.25) is 14.5 Å². The van der Waals surface area contributed by atoms with Gasteiger partial charge in [0.15, 0.2) is 11.2 Å². The Kier molecular flexibility index (Phi) is 4.15. The highest BCUT2D eigenvalue weighted by molar-refractivity contribution is 6.31. The molecule has 3 heterocycles. The molecule has 0 saturated carbocycles. The first-order valence-electron chi connectivity index (χ1n) is 9.15. The van der Waals surface area contributed by atoms with Gasteiger partial charge in [0.05, 0.1) is 18.1 Å². The number of carbonyl (C=O) groups excluding carboxylic acids is 1. The molecular formula is C22H15ClN2O5. The fraction of sp³-hybridized carbons (Fsp3) is 0.136. The maximum absolute atomic E-state index is 13.5. The maximum atomic E-state index is 13.5. The number of ether oxygens (including phenoxy) is 1. The number of anilines is 1. The Morgan fingerprint density at radius 3 is 2.67 bits per heavy atom. The summed E-state index contributed by atoms with van der Waals surface area (Å²) in [6.45, 7) is 1.72. The lowest BCUT2D eigenvalue weighted by Crippen LogP contribution is -2.30. The third kappa shape index (κ3) is 2.63. The van der Waals surface area contributed by atoms with Crippen LogP contribution in [0.4, 0.5) is 5.82 Å². The molecule has 1 atom stereocenters. The number of benzene rings is 2. The number of aryl methyl sites for hydroxylation is 1. The van der Waals surface area contributed by atoms with Crippen molar-refractivity contribution in [2.75, 3.05) is 12.0 Å². The van der Waals surface area contributed by atoms with Crippen molar-refractivity contribution in [2.24, 2.45) is 0 Å². The average molecular weight is 423 g/mol. The third-order valence-electron chi connectivity index (χ3n) is 5.13. The molecule has 0 aliphatic carbocycles. The number of amides is 1. The van der Waals surface area contributed by atoms with Crippen molar-refractivity contribution < 1.29 is 18.5 Å². The first-order valence-corrected chi connectivity index (χ1v) is 9.53. The Hall–Kier alpha value is -3.58. The Bertz CT molecular complexity index is 1370. The van der Waals surface area contributed by atoms with Gasteiger partial charge in [-0.15, -0.1) is 0 Å². The van der Waals surface area contributed by atoms with Crippen molar-refractivity contribution in [3.63, 3.8) is 0 Å². The smallest absolute Gasteiger partial charge is 0.296 e. The van der Waals surface area contributed by atoms with Crippen molar-refractivity contribution in [1.82, 2.24) is 5.16 Å². The van der Waals surface area contributed by atoms with Gasteiger partial charge in [-0.05, 0) is 31.2 Å². The zero-order valence-corrected chi connectivity index (χ0v) is 16.8. The molecule has 1 aliphatic rings. The molecule has 0 radical (unpaired) electrons. The van der Waals surface area contributed by atoms with E-state index >= 15 is 0 Å². The molecule has 2 aromatic carbocycles. The Morgan fingerprint density at radius 1 is 1.13 bits per heavy atom. The summed E-state index contributed by atoms with van der Waals surface area (Å²) in [5, 5.41) is 4.70. The number of nitrogens with zero attached hydrogens (tertiary/aromatic N) is 2. The van der Waals surface area contributed by atoms with Gasteiger partial charge >= 0.3 is 0 Å². The zero-order chi connectivity index (χ0) is 21.0. The van der Waals surface area contributed by atoms with Gasteiger partial charge in [-0.2, -0.15) is 0 Å². The van der Waals surface area contributed by atoms with Gasteiger partial charge < -0.3 is 13.7 Å². The molecule has 1 unspecified atom stereocenters. The number of hydrogen-bond donors (Lipinski definition) is 0. The summed E-state index contributed by atoms with van der Waals surface area (Å²) in [4.78, 5) is 28.3. The highest BCUT2D eigenvalue weighted by Gasteiger charge is 2.45. The lowest BCUT2D eigenvalue weighted by Gasteiger charge is -2.23. The number of methoxy groups -OCH3 is 1. The van der Waals surface area contributed by atoms with Gasteiger partial charge in [-0.25, -0.2) is 0 Å². The summed E-state index contributed by atoms with van der Waals surface area (Å²) in [6, 6.07) is 12.7. The molecular weight excluding hydrogens is 408 g/mol.